The van der Waals surface area contributed by atoms with Crippen molar-refractivity contribution >= 4 is 11.8 Å². The number of nitrogens with zero attached hydrogens (tertiary/aromatic N) is 3. The number of hydrogen-bond donors (Lipinski definition) is 0. The van der Waals surface area contributed by atoms with Crippen LogP contribution in [0.1, 0.15) is 22.3 Å². The molecule has 1 aromatic carbocycles. The summed E-state index contributed by atoms with van der Waals surface area (Å²) in [7, 11) is 3.19. The van der Waals surface area contributed by atoms with Crippen LogP contribution in [-0.2, 0) is 22.5 Å². The van der Waals surface area contributed by atoms with Crippen LogP contribution in [0.3, 0.4) is 0 Å². The largest absolute Gasteiger partial charge is 0.497 e. The molecule has 0 atom stereocenters. The molecule has 1 fully saturated rings. The quantitative estimate of drug-likeness (QED) is 0.637. The van der Waals surface area contributed by atoms with Crippen molar-refractivity contribution in [3.8, 4) is 5.75 Å². The summed E-state index contributed by atoms with van der Waals surface area (Å²) in [5, 5.41) is 0. The molecule has 2 heterocycles. The first-order valence-electron chi connectivity index (χ1n) is 10.4. The number of piperazine rings is 1. The Kier molecular flexibility index (Phi) is 7.83. The summed E-state index contributed by atoms with van der Waals surface area (Å²) in [6, 6.07) is 10.7. The Morgan fingerprint density at radius 3 is 2.26 bits per heavy atom. The molecule has 0 bridgehead atoms. The van der Waals surface area contributed by atoms with Crippen molar-refractivity contribution < 1.29 is 19.1 Å². The highest BCUT2D eigenvalue weighted by Crippen LogP contribution is 2.14. The molecule has 2 amide bonds. The maximum Gasteiger partial charge on any atom is 0.255 e. The Balaban J connectivity index is 1.50. The van der Waals surface area contributed by atoms with Gasteiger partial charge in [-0.05, 0) is 30.2 Å². The highest BCUT2D eigenvalue weighted by atomic mass is 16.5. The monoisotopic (exact) mass is 427 g/mol. The van der Waals surface area contributed by atoms with E-state index in [0.717, 1.165) is 11.3 Å². The average molecular weight is 428 g/mol. The Morgan fingerprint density at radius 1 is 0.935 bits per heavy atom. The molecule has 1 aliphatic heterocycles. The van der Waals surface area contributed by atoms with Crippen LogP contribution in [0.4, 0.5) is 0 Å². The van der Waals surface area contributed by atoms with E-state index in [0.29, 0.717) is 57.7 Å². The third kappa shape index (κ3) is 5.95. The lowest BCUT2D eigenvalue weighted by atomic mass is 10.1. The highest BCUT2D eigenvalue weighted by molar-refractivity contribution is 5.94. The van der Waals surface area contributed by atoms with Crippen molar-refractivity contribution in [3.63, 3.8) is 0 Å². The second-order valence-electron chi connectivity index (χ2n) is 7.46. The SMILES string of the molecule is COCCn1cc(C(=O)N2CCN(C(=O)CCc3ccc(OC)cc3)CC2)ccc1=O. The molecule has 3 rings (SSSR count). The number of methoxy groups -OCH3 is 2. The summed E-state index contributed by atoms with van der Waals surface area (Å²) in [6.07, 6.45) is 2.69. The maximum absolute atomic E-state index is 12.8. The second kappa shape index (κ2) is 10.8. The van der Waals surface area contributed by atoms with Gasteiger partial charge in [0, 0.05) is 58.5 Å². The van der Waals surface area contributed by atoms with Crippen LogP contribution >= 0.6 is 0 Å². The predicted molar refractivity (Wildman–Crippen MR) is 116 cm³/mol. The van der Waals surface area contributed by atoms with Crippen LogP contribution < -0.4 is 10.3 Å². The van der Waals surface area contributed by atoms with Crippen LogP contribution in [0.15, 0.2) is 47.4 Å². The second-order valence-corrected chi connectivity index (χ2v) is 7.46. The van der Waals surface area contributed by atoms with E-state index in [1.54, 1.807) is 31.4 Å². The molecule has 166 valence electrons. The van der Waals surface area contributed by atoms with E-state index in [2.05, 4.69) is 0 Å². The molecule has 0 N–H and O–H groups in total. The van der Waals surface area contributed by atoms with Crippen molar-refractivity contribution in [1.82, 2.24) is 14.4 Å². The average Bonchev–Trinajstić information content (AvgIpc) is 2.82. The van der Waals surface area contributed by atoms with E-state index >= 15 is 0 Å². The fraction of sp³-hybridized carbons (Fsp3) is 0.435. The fourth-order valence-corrected chi connectivity index (χ4v) is 3.57. The molecule has 1 saturated heterocycles. The molecule has 0 spiro atoms. The maximum atomic E-state index is 12.8. The smallest absolute Gasteiger partial charge is 0.255 e. The van der Waals surface area contributed by atoms with E-state index in [4.69, 9.17) is 9.47 Å². The normalized spacial score (nSPS) is 13.9. The topological polar surface area (TPSA) is 81.1 Å². The lowest BCUT2D eigenvalue weighted by Gasteiger charge is -2.35. The minimum atomic E-state index is -0.166. The molecule has 1 aliphatic rings. The van der Waals surface area contributed by atoms with Crippen molar-refractivity contribution in [3.05, 3.63) is 64.1 Å². The number of ether oxygens (including phenoxy) is 2. The van der Waals surface area contributed by atoms with Crippen LogP contribution in [0, 0.1) is 0 Å². The van der Waals surface area contributed by atoms with Crippen LogP contribution in [0.5, 0.6) is 5.75 Å². The van der Waals surface area contributed by atoms with Gasteiger partial charge in [0.2, 0.25) is 5.91 Å². The summed E-state index contributed by atoms with van der Waals surface area (Å²) >= 11 is 0. The molecule has 0 radical (unpaired) electrons. The first-order valence-corrected chi connectivity index (χ1v) is 10.4. The lowest BCUT2D eigenvalue weighted by molar-refractivity contribution is -0.132. The van der Waals surface area contributed by atoms with Gasteiger partial charge in [0.15, 0.2) is 0 Å². The van der Waals surface area contributed by atoms with Crippen molar-refractivity contribution in [2.75, 3.05) is 47.0 Å². The van der Waals surface area contributed by atoms with Crippen molar-refractivity contribution in [2.24, 2.45) is 0 Å². The van der Waals surface area contributed by atoms with Gasteiger partial charge in [-0.15, -0.1) is 0 Å². The van der Waals surface area contributed by atoms with Crippen molar-refractivity contribution in [1.29, 1.82) is 0 Å². The number of hydrogen-bond acceptors (Lipinski definition) is 5. The first-order chi connectivity index (χ1) is 15.0. The zero-order valence-corrected chi connectivity index (χ0v) is 18.1. The Morgan fingerprint density at radius 2 is 1.61 bits per heavy atom. The van der Waals surface area contributed by atoms with Gasteiger partial charge in [-0.1, -0.05) is 12.1 Å². The summed E-state index contributed by atoms with van der Waals surface area (Å²) in [4.78, 5) is 40.9. The fourth-order valence-electron chi connectivity index (χ4n) is 3.57. The molecule has 8 nitrogen and oxygen atoms in total. The van der Waals surface area contributed by atoms with E-state index < -0.39 is 0 Å². The Bertz CT molecular complexity index is 946. The number of carbonyl (C=O) groups excluding carboxylic acids is 2. The molecule has 8 heteroatoms. The van der Waals surface area contributed by atoms with Gasteiger partial charge in [-0.25, -0.2) is 0 Å². The number of rotatable bonds is 8. The molecule has 2 aromatic rings. The van der Waals surface area contributed by atoms with Crippen molar-refractivity contribution in [2.45, 2.75) is 19.4 Å². The molecule has 0 unspecified atom stereocenters. The van der Waals surface area contributed by atoms with Gasteiger partial charge in [-0.3, -0.25) is 14.4 Å². The van der Waals surface area contributed by atoms with Gasteiger partial charge in [0.1, 0.15) is 5.75 Å². The number of aromatic nitrogens is 1. The predicted octanol–water partition coefficient (Wildman–Crippen LogP) is 1.42. The first kappa shape index (κ1) is 22.6. The van der Waals surface area contributed by atoms with Gasteiger partial charge >= 0.3 is 0 Å². The summed E-state index contributed by atoms with van der Waals surface area (Å²) < 4.78 is 11.6. The molecule has 0 aliphatic carbocycles. The number of carbonyl (C=O) groups is 2. The van der Waals surface area contributed by atoms with E-state index in [1.165, 1.54) is 10.6 Å². The molecular weight excluding hydrogens is 398 g/mol. The van der Waals surface area contributed by atoms with Crippen LogP contribution in [-0.4, -0.2) is 73.2 Å². The minimum absolute atomic E-state index is 0.0935. The van der Waals surface area contributed by atoms with Gasteiger partial charge in [0.25, 0.3) is 11.5 Å². The zero-order chi connectivity index (χ0) is 22.2. The lowest BCUT2D eigenvalue weighted by Crippen LogP contribution is -2.50. The third-order valence-electron chi connectivity index (χ3n) is 5.47. The molecule has 0 saturated carbocycles. The standard InChI is InChI=1S/C23H29N3O5/c1-30-16-15-26-17-19(6-10-22(26)28)23(29)25-13-11-24(12-14-25)21(27)9-5-18-3-7-20(31-2)8-4-18/h3-4,6-8,10,17H,5,9,11-16H2,1-2H3. The molecule has 31 heavy (non-hydrogen) atoms. The van der Waals surface area contributed by atoms with E-state index in [1.807, 2.05) is 29.2 Å². The van der Waals surface area contributed by atoms with Gasteiger partial charge in [-0.2, -0.15) is 0 Å². The summed E-state index contributed by atoms with van der Waals surface area (Å²) in [6.45, 7) is 2.77. The van der Waals surface area contributed by atoms with Crippen LogP contribution in [0.25, 0.3) is 0 Å². The summed E-state index contributed by atoms with van der Waals surface area (Å²) in [5.41, 5.74) is 1.39. The van der Waals surface area contributed by atoms with Crippen LogP contribution in [0.2, 0.25) is 0 Å². The van der Waals surface area contributed by atoms with Gasteiger partial charge in [0.05, 0.1) is 19.3 Å². The molecular formula is C23H29N3O5. The zero-order valence-electron chi connectivity index (χ0n) is 18.1. The molecule has 1 aromatic heterocycles. The number of amides is 2. The number of benzene rings is 1. The number of pyridine rings is 1. The third-order valence-corrected chi connectivity index (χ3v) is 5.47. The van der Waals surface area contributed by atoms with E-state index in [-0.39, 0.29) is 17.4 Å². The summed E-state index contributed by atoms with van der Waals surface area (Å²) in [5.74, 6) is 0.762. The minimum Gasteiger partial charge on any atom is -0.497 e. The Hall–Kier alpha value is -3.13. The van der Waals surface area contributed by atoms with E-state index in [9.17, 15) is 14.4 Å². The highest BCUT2D eigenvalue weighted by Gasteiger charge is 2.25. The number of aryl methyl sites for hydroxylation is 1. The Labute approximate surface area is 182 Å². The van der Waals surface area contributed by atoms with Gasteiger partial charge < -0.3 is 23.8 Å².